The summed E-state index contributed by atoms with van der Waals surface area (Å²) in [4.78, 5) is 22.6. The van der Waals surface area contributed by atoms with Gasteiger partial charge in [-0.05, 0) is 47.7 Å². The van der Waals surface area contributed by atoms with Crippen LogP contribution in [-0.4, -0.2) is 34.4 Å². The average Bonchev–Trinajstić information content (AvgIpc) is 2.89. The van der Waals surface area contributed by atoms with Crippen molar-refractivity contribution in [2.45, 2.75) is 37.7 Å². The number of amides is 1. The maximum Gasteiger partial charge on any atom is 0.274 e. The van der Waals surface area contributed by atoms with Crippen LogP contribution in [0.25, 0.3) is 20.9 Å². The fraction of sp³-hybridized carbons (Fsp3) is 0.462. The monoisotopic (exact) mass is 333 g/mol. The molecule has 24 heavy (non-hydrogen) atoms. The van der Waals surface area contributed by atoms with Gasteiger partial charge < -0.3 is 10.2 Å². The first-order valence-corrected chi connectivity index (χ1v) is 7.07. The molecule has 3 N–H and O–H groups in total. The van der Waals surface area contributed by atoms with E-state index in [0.29, 0.717) is 18.4 Å². The third kappa shape index (κ3) is 4.35. The van der Waals surface area contributed by atoms with Crippen molar-refractivity contribution >= 4 is 11.6 Å². The molecular weight excluding hydrogens is 318 g/mol. The summed E-state index contributed by atoms with van der Waals surface area (Å²) in [5.74, 6) is -0.624. The first kappa shape index (κ1) is 17.5. The van der Waals surface area contributed by atoms with Crippen LogP contribution in [0, 0.1) is 0 Å². The van der Waals surface area contributed by atoms with E-state index in [9.17, 15) is 15.0 Å². The van der Waals surface area contributed by atoms with E-state index in [-0.39, 0.29) is 17.8 Å². The highest BCUT2D eigenvalue weighted by atomic mass is 16.7. The number of hydrogen-bond donors (Lipinski definition) is 3. The summed E-state index contributed by atoms with van der Waals surface area (Å²) >= 11 is 0. The van der Waals surface area contributed by atoms with E-state index in [1.807, 2.05) is 0 Å². The SMILES string of the molecule is [N-]=[N+]=NCc1cc(N=[N+]=[N-])cc(C(=O)NO[C@@H]2CC[C@@H](O)[C@H]2O)c1. The minimum Gasteiger partial charge on any atom is -0.390 e. The smallest absolute Gasteiger partial charge is 0.274 e. The number of carbonyl (C=O) groups excluding carboxylic acids is 1. The minimum atomic E-state index is -1.07. The molecule has 0 aliphatic heterocycles. The summed E-state index contributed by atoms with van der Waals surface area (Å²) in [6.07, 6.45) is -1.86. The van der Waals surface area contributed by atoms with Crippen LogP contribution in [0.1, 0.15) is 28.8 Å². The number of hydroxylamine groups is 1. The predicted molar refractivity (Wildman–Crippen MR) is 81.7 cm³/mol. The van der Waals surface area contributed by atoms with E-state index in [1.54, 1.807) is 0 Å². The highest BCUT2D eigenvalue weighted by Crippen LogP contribution is 2.23. The van der Waals surface area contributed by atoms with Gasteiger partial charge in [-0.25, -0.2) is 5.48 Å². The Morgan fingerprint density at radius 1 is 1.29 bits per heavy atom. The quantitative estimate of drug-likeness (QED) is 0.312. The molecule has 1 aliphatic carbocycles. The Balaban J connectivity index is 2.11. The van der Waals surface area contributed by atoms with Gasteiger partial charge in [-0.1, -0.05) is 10.2 Å². The zero-order valence-electron chi connectivity index (χ0n) is 12.5. The van der Waals surface area contributed by atoms with Crippen molar-refractivity contribution in [2.24, 2.45) is 10.2 Å². The zero-order chi connectivity index (χ0) is 17.5. The maximum atomic E-state index is 12.2. The van der Waals surface area contributed by atoms with Crippen molar-refractivity contribution in [3.63, 3.8) is 0 Å². The van der Waals surface area contributed by atoms with Gasteiger partial charge in [0.1, 0.15) is 12.2 Å². The van der Waals surface area contributed by atoms with Gasteiger partial charge in [0.05, 0.1) is 12.6 Å². The summed E-state index contributed by atoms with van der Waals surface area (Å²) in [6.45, 7) is -0.0139. The van der Waals surface area contributed by atoms with Gasteiger partial charge in [0.25, 0.3) is 5.91 Å². The molecule has 11 heteroatoms. The molecule has 0 aromatic heterocycles. The normalized spacial score (nSPS) is 22.3. The molecule has 2 rings (SSSR count). The number of aliphatic hydroxyl groups excluding tert-OH is 2. The van der Waals surface area contributed by atoms with Crippen LogP contribution in [0.15, 0.2) is 28.4 Å². The molecule has 3 atom stereocenters. The van der Waals surface area contributed by atoms with Gasteiger partial charge >= 0.3 is 0 Å². The molecule has 1 fully saturated rings. The van der Waals surface area contributed by atoms with Gasteiger partial charge in [-0.3, -0.25) is 9.63 Å². The number of aliphatic hydroxyl groups is 2. The van der Waals surface area contributed by atoms with Crippen LogP contribution < -0.4 is 5.48 Å². The van der Waals surface area contributed by atoms with Crippen molar-refractivity contribution in [2.75, 3.05) is 0 Å². The van der Waals surface area contributed by atoms with Crippen LogP contribution in [0.4, 0.5) is 5.69 Å². The highest BCUT2D eigenvalue weighted by molar-refractivity contribution is 5.94. The lowest BCUT2D eigenvalue weighted by molar-refractivity contribution is -0.0833. The van der Waals surface area contributed by atoms with Crippen molar-refractivity contribution in [3.8, 4) is 0 Å². The van der Waals surface area contributed by atoms with Crippen molar-refractivity contribution in [1.82, 2.24) is 5.48 Å². The molecule has 0 radical (unpaired) electrons. The van der Waals surface area contributed by atoms with Crippen LogP contribution in [0.3, 0.4) is 0 Å². The first-order chi connectivity index (χ1) is 11.5. The van der Waals surface area contributed by atoms with E-state index < -0.39 is 24.2 Å². The Bertz CT molecular complexity index is 712. The molecule has 0 saturated heterocycles. The lowest BCUT2D eigenvalue weighted by Gasteiger charge is -2.17. The van der Waals surface area contributed by atoms with Crippen molar-refractivity contribution in [1.29, 1.82) is 0 Å². The third-order valence-electron chi connectivity index (χ3n) is 3.54. The van der Waals surface area contributed by atoms with E-state index in [1.165, 1.54) is 18.2 Å². The lowest BCUT2D eigenvalue weighted by Crippen LogP contribution is -2.37. The second-order valence-electron chi connectivity index (χ2n) is 5.19. The molecule has 11 nitrogen and oxygen atoms in total. The molecular formula is C13H15N7O4. The standard InChI is InChI=1S/C13H15N7O4/c14-19-16-6-7-3-8(5-9(4-7)17-20-15)13(23)18-24-11-2-1-10(21)12(11)22/h3-5,10-12,21-22H,1-2,6H2,(H,18,23)/t10-,11-,12-/m1/s1. The molecule has 1 amide bonds. The third-order valence-corrected chi connectivity index (χ3v) is 3.54. The van der Waals surface area contributed by atoms with Crippen molar-refractivity contribution in [3.05, 3.63) is 50.2 Å². The number of nitrogens with one attached hydrogen (secondary N) is 1. The van der Waals surface area contributed by atoms with E-state index in [4.69, 9.17) is 15.9 Å². The van der Waals surface area contributed by atoms with E-state index in [0.717, 1.165) is 0 Å². The highest BCUT2D eigenvalue weighted by Gasteiger charge is 2.35. The summed E-state index contributed by atoms with van der Waals surface area (Å²) in [5, 5.41) is 25.9. The maximum absolute atomic E-state index is 12.2. The molecule has 0 bridgehead atoms. The predicted octanol–water partition coefficient (Wildman–Crippen LogP) is 1.98. The van der Waals surface area contributed by atoms with Crippen molar-refractivity contribution < 1.29 is 19.8 Å². The molecule has 1 aromatic rings. The number of rotatable bonds is 6. The lowest BCUT2D eigenvalue weighted by atomic mass is 10.1. The fourth-order valence-corrected chi connectivity index (χ4v) is 2.36. The second-order valence-corrected chi connectivity index (χ2v) is 5.19. The number of carbonyl (C=O) groups is 1. The number of benzene rings is 1. The minimum absolute atomic E-state index is 0.0139. The molecule has 126 valence electrons. The molecule has 0 unspecified atom stereocenters. The number of azide groups is 2. The molecule has 0 spiro atoms. The Labute approximate surface area is 136 Å². The van der Waals surface area contributed by atoms with Gasteiger partial charge in [0, 0.05) is 21.1 Å². The molecule has 1 aromatic carbocycles. The number of nitrogens with zero attached hydrogens (tertiary/aromatic N) is 6. The zero-order valence-corrected chi connectivity index (χ0v) is 12.5. The summed E-state index contributed by atoms with van der Waals surface area (Å²) < 4.78 is 0. The Kier molecular flexibility index (Phi) is 5.96. The Morgan fingerprint density at radius 3 is 2.71 bits per heavy atom. The van der Waals surface area contributed by atoms with E-state index in [2.05, 4.69) is 25.5 Å². The Morgan fingerprint density at radius 2 is 2.08 bits per heavy atom. The summed E-state index contributed by atoms with van der Waals surface area (Å²) in [6, 6.07) is 4.30. The van der Waals surface area contributed by atoms with Crippen LogP contribution in [0.5, 0.6) is 0 Å². The number of hydrogen-bond acceptors (Lipinski definition) is 6. The fourth-order valence-electron chi connectivity index (χ4n) is 2.36. The largest absolute Gasteiger partial charge is 0.390 e. The van der Waals surface area contributed by atoms with Crippen LogP contribution >= 0.6 is 0 Å². The molecule has 1 saturated carbocycles. The van der Waals surface area contributed by atoms with Gasteiger partial charge in [-0.15, -0.1) is 0 Å². The molecule has 1 aliphatic rings. The molecule has 0 heterocycles. The van der Waals surface area contributed by atoms with Gasteiger partial charge in [-0.2, -0.15) is 0 Å². The van der Waals surface area contributed by atoms with Crippen LogP contribution in [0.2, 0.25) is 0 Å². The second kappa shape index (κ2) is 8.16. The Hall–Kier alpha value is -2.81. The van der Waals surface area contributed by atoms with Crippen LogP contribution in [-0.2, 0) is 11.4 Å². The summed E-state index contributed by atoms with van der Waals surface area (Å²) in [5.41, 5.74) is 19.9. The topological polar surface area (TPSA) is 176 Å². The first-order valence-electron chi connectivity index (χ1n) is 7.07. The average molecular weight is 333 g/mol. The van der Waals surface area contributed by atoms with Gasteiger partial charge in [0.15, 0.2) is 0 Å². The summed E-state index contributed by atoms with van der Waals surface area (Å²) in [7, 11) is 0. The van der Waals surface area contributed by atoms with E-state index >= 15 is 0 Å². The van der Waals surface area contributed by atoms with Gasteiger partial charge in [0.2, 0.25) is 0 Å².